The van der Waals surface area contributed by atoms with E-state index >= 15 is 0 Å². The molecular formula is C22H32O3. The Morgan fingerprint density at radius 1 is 1.16 bits per heavy atom. The van der Waals surface area contributed by atoms with Gasteiger partial charge in [0.05, 0.1) is 0 Å². The van der Waals surface area contributed by atoms with Crippen LogP contribution in [0.15, 0.2) is 11.6 Å². The molecule has 0 amide bonds. The monoisotopic (exact) mass is 344 g/mol. The number of hydrogen-bond donors (Lipinski definition) is 1. The van der Waals surface area contributed by atoms with Gasteiger partial charge in [-0.3, -0.25) is 9.59 Å². The summed E-state index contributed by atoms with van der Waals surface area (Å²) >= 11 is 0. The fourth-order valence-electron chi connectivity index (χ4n) is 7.58. The van der Waals surface area contributed by atoms with Crippen LogP contribution in [0.5, 0.6) is 0 Å². The first-order valence-corrected chi connectivity index (χ1v) is 10.1. The summed E-state index contributed by atoms with van der Waals surface area (Å²) in [6.45, 7) is 8.40. The van der Waals surface area contributed by atoms with Crippen LogP contribution in [-0.2, 0) is 9.59 Å². The summed E-state index contributed by atoms with van der Waals surface area (Å²) < 4.78 is 0. The molecule has 0 spiro atoms. The molecular weight excluding hydrogens is 312 g/mol. The highest BCUT2D eigenvalue weighted by atomic mass is 16.3. The molecule has 138 valence electrons. The lowest BCUT2D eigenvalue weighted by molar-refractivity contribution is -0.161. The van der Waals surface area contributed by atoms with E-state index in [-0.39, 0.29) is 16.6 Å². The first-order valence-electron chi connectivity index (χ1n) is 10.1. The van der Waals surface area contributed by atoms with E-state index in [1.165, 1.54) is 5.57 Å². The molecule has 0 aromatic rings. The van der Waals surface area contributed by atoms with E-state index in [0.717, 1.165) is 32.1 Å². The molecule has 7 atom stereocenters. The highest BCUT2D eigenvalue weighted by Gasteiger charge is 2.66. The molecule has 4 rings (SSSR count). The molecule has 3 heteroatoms. The number of carbonyl (C=O) groups is 2. The van der Waals surface area contributed by atoms with Crippen LogP contribution in [0.4, 0.5) is 0 Å². The van der Waals surface area contributed by atoms with Crippen LogP contribution in [0, 0.1) is 34.5 Å². The van der Waals surface area contributed by atoms with Crippen LogP contribution in [0.25, 0.3) is 0 Å². The Morgan fingerprint density at radius 3 is 2.52 bits per heavy atom. The maximum Gasteiger partial charge on any atom is 0.161 e. The van der Waals surface area contributed by atoms with Crippen LogP contribution in [0.1, 0.15) is 72.6 Å². The van der Waals surface area contributed by atoms with Gasteiger partial charge in [-0.05, 0) is 80.6 Å². The fraction of sp³-hybridized carbons (Fsp3) is 0.818. The Morgan fingerprint density at radius 2 is 1.84 bits per heavy atom. The number of carbonyl (C=O) groups excluding carboxylic acids is 2. The Kier molecular flexibility index (Phi) is 3.69. The lowest BCUT2D eigenvalue weighted by Gasteiger charge is -2.60. The van der Waals surface area contributed by atoms with Gasteiger partial charge in [0.15, 0.2) is 11.6 Å². The molecule has 1 unspecified atom stereocenters. The molecule has 3 fully saturated rings. The first-order chi connectivity index (χ1) is 11.6. The second-order valence-electron chi connectivity index (χ2n) is 9.91. The molecule has 0 aliphatic heterocycles. The Hall–Kier alpha value is -0.960. The number of rotatable bonds is 1. The van der Waals surface area contributed by atoms with Crippen molar-refractivity contribution in [3.8, 4) is 0 Å². The summed E-state index contributed by atoms with van der Waals surface area (Å²) in [6, 6.07) is 0. The van der Waals surface area contributed by atoms with Crippen molar-refractivity contribution >= 4 is 11.6 Å². The van der Waals surface area contributed by atoms with Gasteiger partial charge in [-0.1, -0.05) is 26.3 Å². The topological polar surface area (TPSA) is 54.4 Å². The zero-order valence-electron chi connectivity index (χ0n) is 16.1. The zero-order valence-corrected chi connectivity index (χ0v) is 16.1. The maximum absolute atomic E-state index is 12.3. The molecule has 0 bridgehead atoms. The quantitative estimate of drug-likeness (QED) is 0.779. The summed E-state index contributed by atoms with van der Waals surface area (Å²) in [6.07, 6.45) is 8.31. The highest BCUT2D eigenvalue weighted by molar-refractivity contribution is 5.91. The number of aliphatic hydroxyl groups is 1. The van der Waals surface area contributed by atoms with Crippen molar-refractivity contribution in [2.45, 2.75) is 78.2 Å². The van der Waals surface area contributed by atoms with E-state index in [4.69, 9.17) is 0 Å². The van der Waals surface area contributed by atoms with Crippen LogP contribution < -0.4 is 0 Å². The Bertz CT molecular complexity index is 664. The van der Waals surface area contributed by atoms with Gasteiger partial charge in [0.25, 0.3) is 0 Å². The van der Waals surface area contributed by atoms with Gasteiger partial charge in [-0.25, -0.2) is 0 Å². The minimum atomic E-state index is -1.13. The minimum Gasteiger partial charge on any atom is -0.382 e. The summed E-state index contributed by atoms with van der Waals surface area (Å²) in [5.41, 5.74) is 0.107. The van der Waals surface area contributed by atoms with Gasteiger partial charge in [-0.2, -0.15) is 0 Å². The van der Waals surface area contributed by atoms with Gasteiger partial charge in [0.1, 0.15) is 5.60 Å². The van der Waals surface area contributed by atoms with E-state index in [2.05, 4.69) is 20.8 Å². The van der Waals surface area contributed by atoms with Crippen molar-refractivity contribution in [3.05, 3.63) is 11.6 Å². The van der Waals surface area contributed by atoms with Crippen molar-refractivity contribution < 1.29 is 14.7 Å². The van der Waals surface area contributed by atoms with Gasteiger partial charge in [0.2, 0.25) is 0 Å². The van der Waals surface area contributed by atoms with E-state index in [0.29, 0.717) is 42.3 Å². The summed E-state index contributed by atoms with van der Waals surface area (Å²) in [5, 5.41) is 11.2. The third-order valence-electron chi connectivity index (χ3n) is 9.01. The molecule has 0 saturated heterocycles. The summed E-state index contributed by atoms with van der Waals surface area (Å²) in [5.74, 6) is 2.27. The Labute approximate surface area is 151 Å². The zero-order chi connectivity index (χ0) is 18.2. The maximum atomic E-state index is 12.3. The first kappa shape index (κ1) is 17.5. The normalized spacial score (nSPS) is 52.0. The third-order valence-corrected chi connectivity index (χ3v) is 9.01. The van der Waals surface area contributed by atoms with Crippen molar-refractivity contribution in [1.82, 2.24) is 0 Å². The van der Waals surface area contributed by atoms with Crippen molar-refractivity contribution in [2.24, 2.45) is 34.5 Å². The molecule has 1 N–H and O–H groups in total. The van der Waals surface area contributed by atoms with Gasteiger partial charge in [-0.15, -0.1) is 0 Å². The molecule has 25 heavy (non-hydrogen) atoms. The van der Waals surface area contributed by atoms with Crippen LogP contribution in [0.2, 0.25) is 0 Å². The fourth-order valence-corrected chi connectivity index (χ4v) is 7.58. The molecule has 0 heterocycles. The van der Waals surface area contributed by atoms with Gasteiger partial charge in [0, 0.05) is 11.8 Å². The van der Waals surface area contributed by atoms with Crippen molar-refractivity contribution in [3.63, 3.8) is 0 Å². The van der Waals surface area contributed by atoms with E-state index < -0.39 is 5.60 Å². The third kappa shape index (κ3) is 2.08. The average Bonchev–Trinajstić information content (AvgIpc) is 2.83. The SMILES string of the molecule is CC(=O)C1(O)CC[C@H]2[C@@H]3C[C@H](C)C4=CC(=O)CC[C@]4(C)[C@H]3CC[C@@]21C. The predicted molar refractivity (Wildman–Crippen MR) is 96.9 cm³/mol. The number of Topliss-reactive ketones (excluding diaryl/α,β-unsaturated/α-hetero) is 1. The molecule has 4 aliphatic rings. The molecule has 0 radical (unpaired) electrons. The molecule has 0 aromatic carbocycles. The summed E-state index contributed by atoms with van der Waals surface area (Å²) in [7, 11) is 0. The van der Waals surface area contributed by atoms with E-state index in [9.17, 15) is 14.7 Å². The van der Waals surface area contributed by atoms with Crippen LogP contribution in [0.3, 0.4) is 0 Å². The highest BCUT2D eigenvalue weighted by Crippen LogP contribution is 2.68. The largest absolute Gasteiger partial charge is 0.382 e. The standard InChI is InChI=1S/C22H32O3/c1-13-11-16-17(20(3)8-5-15(24)12-19(13)20)6-9-21(4)18(16)7-10-22(21,25)14(2)23/h12-13,16-18,25H,5-11H2,1-4H3/t13-,16+,17-,18-,20+,21-,22?/m0/s1. The number of ketones is 2. The predicted octanol–water partition coefficient (Wildman–Crippen LogP) is 4.08. The minimum absolute atomic E-state index is 0.0464. The number of fused-ring (bicyclic) bond motifs is 5. The van der Waals surface area contributed by atoms with Crippen molar-refractivity contribution in [1.29, 1.82) is 0 Å². The lowest BCUT2D eigenvalue weighted by Crippen LogP contribution is -2.57. The van der Waals surface area contributed by atoms with E-state index in [1.54, 1.807) is 6.92 Å². The van der Waals surface area contributed by atoms with E-state index in [1.807, 2.05) is 6.08 Å². The molecule has 4 aliphatic carbocycles. The van der Waals surface area contributed by atoms with Crippen LogP contribution >= 0.6 is 0 Å². The smallest absolute Gasteiger partial charge is 0.161 e. The van der Waals surface area contributed by atoms with Crippen molar-refractivity contribution in [2.75, 3.05) is 0 Å². The summed E-state index contributed by atoms with van der Waals surface area (Å²) in [4.78, 5) is 24.3. The number of allylic oxidation sites excluding steroid dienone is 1. The molecule has 3 saturated carbocycles. The van der Waals surface area contributed by atoms with Gasteiger partial charge < -0.3 is 5.11 Å². The van der Waals surface area contributed by atoms with Crippen LogP contribution in [-0.4, -0.2) is 22.3 Å². The second kappa shape index (κ2) is 5.28. The van der Waals surface area contributed by atoms with Gasteiger partial charge >= 0.3 is 0 Å². The second-order valence-corrected chi connectivity index (χ2v) is 9.91. The Balaban J connectivity index is 1.73. The molecule has 0 aromatic heterocycles. The number of hydrogen-bond acceptors (Lipinski definition) is 3. The average molecular weight is 344 g/mol. The molecule has 3 nitrogen and oxygen atoms in total. The lowest BCUT2D eigenvalue weighted by atomic mass is 9.45.